The first kappa shape index (κ1) is 20.3. The third kappa shape index (κ3) is 4.29. The van der Waals surface area contributed by atoms with Gasteiger partial charge in [0.1, 0.15) is 6.54 Å². The fourth-order valence-corrected chi connectivity index (χ4v) is 4.75. The molecule has 0 N–H and O–H groups in total. The minimum Gasteiger partial charge on any atom is -0.419 e. The lowest BCUT2D eigenvalue weighted by atomic mass is 10.2. The van der Waals surface area contributed by atoms with Gasteiger partial charge in [-0.3, -0.25) is 4.31 Å². The normalized spacial score (nSPS) is 11.4. The monoisotopic (exact) mass is 483 g/mol. The van der Waals surface area contributed by atoms with Gasteiger partial charge in [0.25, 0.3) is 10.0 Å². The van der Waals surface area contributed by atoms with E-state index in [-0.39, 0.29) is 17.3 Å². The van der Waals surface area contributed by atoms with Gasteiger partial charge in [-0.05, 0) is 61.0 Å². The number of benzene rings is 3. The van der Waals surface area contributed by atoms with Crippen LogP contribution in [0.1, 0.15) is 11.5 Å². The number of halogens is 1. The second-order valence-electron chi connectivity index (χ2n) is 6.67. The van der Waals surface area contributed by atoms with Crippen molar-refractivity contribution in [2.75, 3.05) is 4.31 Å². The van der Waals surface area contributed by atoms with Gasteiger partial charge in [-0.1, -0.05) is 46.3 Å². The van der Waals surface area contributed by atoms with Crippen LogP contribution in [0.2, 0.25) is 0 Å². The Morgan fingerprint density at radius 3 is 2.37 bits per heavy atom. The quantitative estimate of drug-likeness (QED) is 0.376. The van der Waals surface area contributed by atoms with Crippen LogP contribution < -0.4 is 4.31 Å². The van der Waals surface area contributed by atoms with Crippen LogP contribution in [0.3, 0.4) is 0 Å². The zero-order chi connectivity index (χ0) is 21.1. The molecule has 3 aromatic carbocycles. The molecular formula is C22H18BrN3O3S. The van der Waals surface area contributed by atoms with Crippen LogP contribution in [-0.4, -0.2) is 18.6 Å². The summed E-state index contributed by atoms with van der Waals surface area (Å²) in [6.07, 6.45) is 0. The molecule has 0 spiro atoms. The lowest BCUT2D eigenvalue weighted by Crippen LogP contribution is -2.30. The fraction of sp³-hybridized carbons (Fsp3) is 0.0909. The Labute approximate surface area is 183 Å². The number of hydrogen-bond donors (Lipinski definition) is 0. The van der Waals surface area contributed by atoms with Gasteiger partial charge in [0, 0.05) is 10.0 Å². The highest BCUT2D eigenvalue weighted by Gasteiger charge is 2.27. The average Bonchev–Trinajstić information content (AvgIpc) is 3.22. The lowest BCUT2D eigenvalue weighted by Gasteiger charge is -2.23. The predicted octanol–water partition coefficient (Wildman–Crippen LogP) is 5.20. The zero-order valence-corrected chi connectivity index (χ0v) is 18.5. The van der Waals surface area contributed by atoms with Gasteiger partial charge < -0.3 is 4.42 Å². The SMILES string of the molecule is Cc1cccc(S(=O)(=O)N(Cc2nnc(-c3ccc(Br)cc3)o2)c2ccccc2)c1. The largest absolute Gasteiger partial charge is 0.419 e. The maximum absolute atomic E-state index is 13.4. The number of aromatic nitrogens is 2. The van der Waals surface area contributed by atoms with Gasteiger partial charge in [-0.15, -0.1) is 10.2 Å². The summed E-state index contributed by atoms with van der Waals surface area (Å²) in [4.78, 5) is 0.207. The Balaban J connectivity index is 1.71. The molecule has 152 valence electrons. The van der Waals surface area contributed by atoms with Crippen LogP contribution in [0.4, 0.5) is 5.69 Å². The minimum atomic E-state index is -3.84. The minimum absolute atomic E-state index is 0.0795. The summed E-state index contributed by atoms with van der Waals surface area (Å²) in [5.41, 5.74) is 2.13. The molecule has 6 nitrogen and oxygen atoms in total. The maximum Gasteiger partial charge on any atom is 0.264 e. The molecule has 4 rings (SSSR count). The second-order valence-corrected chi connectivity index (χ2v) is 9.45. The lowest BCUT2D eigenvalue weighted by molar-refractivity contribution is 0.505. The van der Waals surface area contributed by atoms with E-state index in [9.17, 15) is 8.42 Å². The Morgan fingerprint density at radius 1 is 0.933 bits per heavy atom. The molecule has 0 saturated carbocycles. The first-order valence-electron chi connectivity index (χ1n) is 9.16. The third-order valence-corrected chi connectivity index (χ3v) is 6.76. The van der Waals surface area contributed by atoms with Crippen molar-refractivity contribution in [1.82, 2.24) is 10.2 Å². The molecule has 0 aliphatic carbocycles. The van der Waals surface area contributed by atoms with Crippen molar-refractivity contribution < 1.29 is 12.8 Å². The van der Waals surface area contributed by atoms with Crippen molar-refractivity contribution in [1.29, 1.82) is 0 Å². The third-order valence-electron chi connectivity index (χ3n) is 4.46. The molecule has 0 aliphatic rings. The summed E-state index contributed by atoms with van der Waals surface area (Å²) >= 11 is 3.39. The van der Waals surface area contributed by atoms with Crippen molar-refractivity contribution in [3.05, 3.63) is 94.8 Å². The van der Waals surface area contributed by atoms with Crippen LogP contribution >= 0.6 is 15.9 Å². The summed E-state index contributed by atoms with van der Waals surface area (Å²) in [5, 5.41) is 8.15. The molecule has 0 radical (unpaired) electrons. The number of aryl methyl sites for hydroxylation is 1. The van der Waals surface area contributed by atoms with E-state index in [1.54, 1.807) is 42.5 Å². The molecule has 4 aromatic rings. The van der Waals surface area contributed by atoms with E-state index in [4.69, 9.17) is 4.42 Å². The molecule has 30 heavy (non-hydrogen) atoms. The molecule has 0 unspecified atom stereocenters. The summed E-state index contributed by atoms with van der Waals surface area (Å²) in [6.45, 7) is 1.78. The van der Waals surface area contributed by atoms with Crippen molar-refractivity contribution >= 4 is 31.6 Å². The van der Waals surface area contributed by atoms with Crippen LogP contribution in [0.25, 0.3) is 11.5 Å². The molecule has 0 fully saturated rings. The Bertz CT molecular complexity index is 1260. The Kier molecular flexibility index (Phi) is 5.69. The van der Waals surface area contributed by atoms with E-state index >= 15 is 0 Å². The van der Waals surface area contributed by atoms with Crippen molar-refractivity contribution in [2.24, 2.45) is 0 Å². The smallest absolute Gasteiger partial charge is 0.264 e. The highest BCUT2D eigenvalue weighted by atomic mass is 79.9. The van der Waals surface area contributed by atoms with Gasteiger partial charge in [-0.25, -0.2) is 8.42 Å². The summed E-state index contributed by atoms with van der Waals surface area (Å²) in [7, 11) is -3.84. The van der Waals surface area contributed by atoms with Gasteiger partial charge in [0.05, 0.1) is 10.6 Å². The average molecular weight is 484 g/mol. The molecule has 0 aliphatic heterocycles. The van der Waals surface area contributed by atoms with Crippen molar-refractivity contribution in [3.8, 4) is 11.5 Å². The summed E-state index contributed by atoms with van der Waals surface area (Å²) < 4.78 is 34.9. The zero-order valence-electron chi connectivity index (χ0n) is 16.1. The second kappa shape index (κ2) is 8.41. The number of anilines is 1. The number of nitrogens with zero attached hydrogens (tertiary/aromatic N) is 3. The summed E-state index contributed by atoms with van der Waals surface area (Å²) in [6, 6.07) is 23.1. The molecule has 8 heteroatoms. The first-order valence-corrected chi connectivity index (χ1v) is 11.4. The molecule has 0 saturated heterocycles. The van der Waals surface area contributed by atoms with Gasteiger partial charge in [-0.2, -0.15) is 0 Å². The number of rotatable bonds is 6. The van der Waals surface area contributed by atoms with Crippen molar-refractivity contribution in [3.63, 3.8) is 0 Å². The summed E-state index contributed by atoms with van der Waals surface area (Å²) in [5.74, 6) is 0.534. The number of hydrogen-bond acceptors (Lipinski definition) is 5. The van der Waals surface area contributed by atoms with Crippen molar-refractivity contribution in [2.45, 2.75) is 18.4 Å². The van der Waals surface area contributed by atoms with Gasteiger partial charge in [0.15, 0.2) is 0 Å². The highest BCUT2D eigenvalue weighted by Crippen LogP contribution is 2.27. The highest BCUT2D eigenvalue weighted by molar-refractivity contribution is 9.10. The van der Waals surface area contributed by atoms with E-state index in [2.05, 4.69) is 26.1 Å². The molecule has 0 atom stereocenters. The van der Waals surface area contributed by atoms with E-state index < -0.39 is 10.0 Å². The molecule has 1 heterocycles. The predicted molar refractivity (Wildman–Crippen MR) is 118 cm³/mol. The van der Waals surface area contributed by atoms with E-state index in [0.717, 1.165) is 15.6 Å². The van der Waals surface area contributed by atoms with E-state index in [0.29, 0.717) is 11.6 Å². The Morgan fingerprint density at radius 2 is 1.67 bits per heavy atom. The first-order chi connectivity index (χ1) is 14.4. The van der Waals surface area contributed by atoms with Gasteiger partial charge in [0.2, 0.25) is 11.8 Å². The van der Waals surface area contributed by atoms with Gasteiger partial charge >= 0.3 is 0 Å². The fourth-order valence-electron chi connectivity index (χ4n) is 2.96. The molecular weight excluding hydrogens is 466 g/mol. The van der Waals surface area contributed by atoms with Crippen LogP contribution in [0.15, 0.2) is 92.6 Å². The molecule has 0 bridgehead atoms. The number of para-hydroxylation sites is 1. The topological polar surface area (TPSA) is 76.3 Å². The van der Waals surface area contributed by atoms with E-state index in [1.165, 1.54) is 4.31 Å². The Hall–Kier alpha value is -2.97. The van der Waals surface area contributed by atoms with Crippen LogP contribution in [0, 0.1) is 6.92 Å². The van der Waals surface area contributed by atoms with Crippen LogP contribution in [-0.2, 0) is 16.6 Å². The maximum atomic E-state index is 13.4. The van der Waals surface area contributed by atoms with Crippen LogP contribution in [0.5, 0.6) is 0 Å². The molecule has 0 amide bonds. The number of sulfonamides is 1. The molecule has 1 aromatic heterocycles. The standard InChI is InChI=1S/C22H18BrN3O3S/c1-16-6-5-9-20(14-16)30(27,28)26(19-7-3-2-4-8-19)15-21-24-25-22(29-21)17-10-12-18(23)13-11-17/h2-14H,15H2,1H3. The van der Waals surface area contributed by atoms with E-state index in [1.807, 2.05) is 43.3 Å².